The third-order valence-corrected chi connectivity index (χ3v) is 4.93. The molecule has 1 N–H and O–H groups in total. The van der Waals surface area contributed by atoms with Crippen LogP contribution >= 0.6 is 43.2 Å². The van der Waals surface area contributed by atoms with Gasteiger partial charge in [-0.25, -0.2) is 4.68 Å². The monoisotopic (exact) mass is 447 g/mol. The second kappa shape index (κ2) is 8.05. The zero-order chi connectivity index (χ0) is 16.1. The number of aryl methyl sites for hydroxylation is 1. The van der Waals surface area contributed by atoms with Crippen molar-refractivity contribution < 1.29 is 9.84 Å². The molecule has 5 nitrogen and oxygen atoms in total. The van der Waals surface area contributed by atoms with E-state index in [-0.39, 0.29) is 5.75 Å². The van der Waals surface area contributed by atoms with E-state index in [1.807, 2.05) is 12.3 Å². The van der Waals surface area contributed by atoms with Crippen LogP contribution in [-0.4, -0.2) is 36.3 Å². The van der Waals surface area contributed by atoms with Crippen molar-refractivity contribution in [1.29, 1.82) is 0 Å². The van der Waals surface area contributed by atoms with Gasteiger partial charge in [-0.05, 0) is 56.5 Å². The summed E-state index contributed by atoms with van der Waals surface area (Å²) < 4.78 is 8.02. The molecule has 0 atom stereocenters. The van der Waals surface area contributed by atoms with Gasteiger partial charge in [0.1, 0.15) is 5.75 Å². The molecule has 0 saturated carbocycles. The number of aromatic nitrogens is 1. The summed E-state index contributed by atoms with van der Waals surface area (Å²) in [6, 6.07) is 3.60. The third-order valence-electron chi connectivity index (χ3n) is 2.75. The minimum atomic E-state index is 0.173. The summed E-state index contributed by atoms with van der Waals surface area (Å²) in [5, 5.41) is 16.2. The Morgan fingerprint density at radius 3 is 2.68 bits per heavy atom. The van der Waals surface area contributed by atoms with E-state index in [0.717, 1.165) is 16.1 Å². The number of hydrogen-bond donors (Lipinski definition) is 1. The lowest BCUT2D eigenvalue weighted by atomic mass is 10.2. The second-order valence-electron chi connectivity index (χ2n) is 4.42. The van der Waals surface area contributed by atoms with Gasteiger partial charge >= 0.3 is 0 Å². The fourth-order valence-electron chi connectivity index (χ4n) is 1.65. The van der Waals surface area contributed by atoms with Crippen LogP contribution in [0.5, 0.6) is 5.75 Å². The van der Waals surface area contributed by atoms with Crippen LogP contribution in [0.25, 0.3) is 0 Å². The average molecular weight is 449 g/mol. The molecule has 2 aromatic rings. The maximum atomic E-state index is 9.72. The molecule has 0 fully saturated rings. The van der Waals surface area contributed by atoms with Crippen molar-refractivity contribution in [1.82, 2.24) is 4.68 Å². The van der Waals surface area contributed by atoms with Gasteiger partial charge in [0.15, 0.2) is 0 Å². The van der Waals surface area contributed by atoms with E-state index in [4.69, 9.17) is 4.74 Å². The maximum absolute atomic E-state index is 9.72. The number of phenolic OH excluding ortho intramolecular Hbond substituents is 1. The molecule has 0 aliphatic rings. The van der Waals surface area contributed by atoms with Gasteiger partial charge < -0.3 is 9.84 Å². The number of rotatable bonds is 5. The zero-order valence-electron chi connectivity index (χ0n) is 12.1. The molecule has 0 bridgehead atoms. The molecule has 0 saturated heterocycles. The van der Waals surface area contributed by atoms with E-state index < -0.39 is 0 Å². The van der Waals surface area contributed by atoms with Crippen LogP contribution in [0.2, 0.25) is 0 Å². The van der Waals surface area contributed by atoms with Crippen molar-refractivity contribution in [3.63, 3.8) is 0 Å². The summed E-state index contributed by atoms with van der Waals surface area (Å²) >= 11 is 8.15. The van der Waals surface area contributed by atoms with Gasteiger partial charge in [-0.3, -0.25) is 4.99 Å². The summed E-state index contributed by atoms with van der Waals surface area (Å²) in [6.45, 7) is 3.16. The highest BCUT2D eigenvalue weighted by Crippen LogP contribution is 2.32. The number of methoxy groups -OCH3 is 1. The van der Waals surface area contributed by atoms with Gasteiger partial charge in [-0.1, -0.05) is 0 Å². The molecule has 0 aliphatic carbocycles. The molecule has 0 unspecified atom stereocenters. The van der Waals surface area contributed by atoms with Crippen molar-refractivity contribution in [2.24, 2.45) is 10.1 Å². The highest BCUT2D eigenvalue weighted by atomic mass is 79.9. The van der Waals surface area contributed by atoms with Gasteiger partial charge in [0, 0.05) is 12.5 Å². The van der Waals surface area contributed by atoms with E-state index in [1.165, 1.54) is 11.3 Å². The number of aromatic hydroxyl groups is 1. The number of halogens is 2. The lowest BCUT2D eigenvalue weighted by molar-refractivity contribution is 0.207. The summed E-state index contributed by atoms with van der Waals surface area (Å²) in [5.74, 6) is 0.173. The quantitative estimate of drug-likeness (QED) is 0.561. The van der Waals surface area contributed by atoms with E-state index in [1.54, 1.807) is 30.1 Å². The van der Waals surface area contributed by atoms with E-state index in [9.17, 15) is 5.11 Å². The third kappa shape index (κ3) is 4.28. The van der Waals surface area contributed by atoms with Crippen molar-refractivity contribution >= 4 is 49.4 Å². The number of nitrogens with zero attached hydrogens (tertiary/aromatic N) is 3. The fraction of sp³-hybridized carbons (Fsp3) is 0.286. The van der Waals surface area contributed by atoms with Gasteiger partial charge in [-0.15, -0.1) is 11.3 Å². The number of hydrogen-bond acceptors (Lipinski definition) is 5. The molecular formula is C14H15Br2N3O2S. The Hall–Kier alpha value is -0.960. The summed E-state index contributed by atoms with van der Waals surface area (Å²) in [6.07, 6.45) is 1.73. The van der Waals surface area contributed by atoms with Gasteiger partial charge in [0.2, 0.25) is 4.80 Å². The van der Waals surface area contributed by atoms with Crippen molar-refractivity contribution in [2.75, 3.05) is 20.3 Å². The van der Waals surface area contributed by atoms with E-state index in [0.29, 0.717) is 22.1 Å². The molecule has 1 aromatic heterocycles. The minimum Gasteiger partial charge on any atom is -0.506 e. The second-order valence-corrected chi connectivity index (χ2v) is 6.97. The molecule has 0 aliphatic heterocycles. The van der Waals surface area contributed by atoms with Crippen LogP contribution < -0.4 is 4.80 Å². The molecule has 0 amide bonds. The van der Waals surface area contributed by atoms with Gasteiger partial charge in [0.05, 0.1) is 34.0 Å². The van der Waals surface area contributed by atoms with Gasteiger partial charge in [0.25, 0.3) is 0 Å². The standard InChI is InChI=1S/C14H15Br2N3O2S/c1-9-8-22-14(17-3-4-21-2)19(9)18-7-10-5-11(15)13(20)12(16)6-10/h5-8,20H,3-4H2,1-2H3/b17-14?,18-7+. The molecule has 1 heterocycles. The molecule has 1 aromatic carbocycles. The lowest BCUT2D eigenvalue weighted by Crippen LogP contribution is -2.13. The number of benzene rings is 1. The molecule has 0 spiro atoms. The predicted octanol–water partition coefficient (Wildman–Crippen LogP) is 3.52. The Labute approximate surface area is 149 Å². The zero-order valence-corrected chi connectivity index (χ0v) is 16.1. The van der Waals surface area contributed by atoms with Crippen LogP contribution in [0.3, 0.4) is 0 Å². The topological polar surface area (TPSA) is 59.1 Å². The molecule has 0 radical (unpaired) electrons. The molecule has 22 heavy (non-hydrogen) atoms. The Morgan fingerprint density at radius 2 is 2.05 bits per heavy atom. The Balaban J connectivity index is 2.31. The van der Waals surface area contributed by atoms with E-state index in [2.05, 4.69) is 42.0 Å². The summed E-state index contributed by atoms with van der Waals surface area (Å²) in [4.78, 5) is 5.28. The van der Waals surface area contributed by atoms with Crippen molar-refractivity contribution in [2.45, 2.75) is 6.92 Å². The van der Waals surface area contributed by atoms with E-state index >= 15 is 0 Å². The Kier molecular flexibility index (Phi) is 6.37. The number of thiazole rings is 1. The van der Waals surface area contributed by atoms with Crippen LogP contribution in [0.1, 0.15) is 11.3 Å². The van der Waals surface area contributed by atoms with Crippen LogP contribution in [0.4, 0.5) is 0 Å². The molecule has 8 heteroatoms. The first-order chi connectivity index (χ1) is 10.5. The smallest absolute Gasteiger partial charge is 0.205 e. The molecule has 118 valence electrons. The average Bonchev–Trinajstić information content (AvgIpc) is 2.83. The highest BCUT2D eigenvalue weighted by molar-refractivity contribution is 9.11. The first-order valence-corrected chi connectivity index (χ1v) is 8.88. The number of phenols is 1. The summed E-state index contributed by atoms with van der Waals surface area (Å²) in [7, 11) is 1.65. The van der Waals surface area contributed by atoms with Crippen molar-refractivity contribution in [3.05, 3.63) is 42.5 Å². The summed E-state index contributed by atoms with van der Waals surface area (Å²) in [5.41, 5.74) is 1.87. The Morgan fingerprint density at radius 1 is 1.36 bits per heavy atom. The number of ether oxygens (including phenoxy) is 1. The highest BCUT2D eigenvalue weighted by Gasteiger charge is 2.05. The van der Waals surface area contributed by atoms with Crippen LogP contribution in [0.15, 0.2) is 36.6 Å². The molecule has 2 rings (SSSR count). The predicted molar refractivity (Wildman–Crippen MR) is 95.9 cm³/mol. The maximum Gasteiger partial charge on any atom is 0.205 e. The normalized spacial score (nSPS) is 12.5. The van der Waals surface area contributed by atoms with Crippen molar-refractivity contribution in [3.8, 4) is 5.75 Å². The SMILES string of the molecule is COCCN=c1scc(C)n1/N=C/c1cc(Br)c(O)c(Br)c1. The fourth-order valence-corrected chi connectivity index (χ4v) is 3.70. The first kappa shape index (κ1) is 17.4. The lowest BCUT2D eigenvalue weighted by Gasteiger charge is -2.02. The van der Waals surface area contributed by atoms with Gasteiger partial charge in [-0.2, -0.15) is 5.10 Å². The van der Waals surface area contributed by atoms with Crippen LogP contribution in [-0.2, 0) is 4.74 Å². The largest absolute Gasteiger partial charge is 0.506 e. The molecular weight excluding hydrogens is 434 g/mol. The first-order valence-electron chi connectivity index (χ1n) is 6.42. The Bertz CT molecular complexity index is 730. The minimum absolute atomic E-state index is 0.173. The van der Waals surface area contributed by atoms with Crippen LogP contribution in [0, 0.1) is 6.92 Å².